The van der Waals surface area contributed by atoms with Gasteiger partial charge in [-0.05, 0) is 38.0 Å². The number of aliphatic carboxylic acids is 1. The van der Waals surface area contributed by atoms with Crippen LogP contribution in [0, 0.1) is 13.8 Å². The van der Waals surface area contributed by atoms with Gasteiger partial charge in [-0.3, -0.25) is 4.79 Å². The van der Waals surface area contributed by atoms with E-state index in [9.17, 15) is 18.3 Å². The molecule has 0 bridgehead atoms. The molecule has 0 saturated carbocycles. The number of aliphatic hydroxyl groups is 1. The number of carboxylic acids is 1. The molecule has 0 saturated heterocycles. The van der Waals surface area contributed by atoms with E-state index in [-0.39, 0.29) is 20.5 Å². The van der Waals surface area contributed by atoms with Crippen LogP contribution in [0.25, 0.3) is 0 Å². The van der Waals surface area contributed by atoms with E-state index in [0.717, 1.165) is 0 Å². The zero-order valence-corrected chi connectivity index (χ0v) is 13.8. The average molecular weight is 356 g/mol. The molecular weight excluding hydrogens is 341 g/mol. The highest BCUT2D eigenvalue weighted by Crippen LogP contribution is 2.33. The van der Waals surface area contributed by atoms with Gasteiger partial charge in [0.05, 0.1) is 11.1 Å². The second kappa shape index (κ2) is 6.50. The molecule has 6 nitrogen and oxygen atoms in total. The second-order valence-electron chi connectivity index (χ2n) is 4.62. The van der Waals surface area contributed by atoms with Gasteiger partial charge in [-0.25, -0.2) is 8.42 Å². The van der Waals surface area contributed by atoms with Crippen molar-refractivity contribution in [3.05, 3.63) is 27.2 Å². The monoisotopic (exact) mass is 355 g/mol. The molecule has 0 heterocycles. The third-order valence-corrected chi connectivity index (χ3v) is 5.49. The lowest BCUT2D eigenvalue weighted by molar-refractivity contribution is -0.141. The predicted molar refractivity (Wildman–Crippen MR) is 79.4 cm³/mol. The molecule has 0 aliphatic rings. The van der Waals surface area contributed by atoms with Crippen LogP contribution in [0.5, 0.6) is 0 Å². The third kappa shape index (κ3) is 3.87. The highest BCUT2D eigenvalue weighted by Gasteiger charge is 2.32. The molecule has 0 fully saturated rings. The average Bonchev–Trinajstić information content (AvgIpc) is 2.33. The zero-order valence-electron chi connectivity index (χ0n) is 11.5. The first-order valence-corrected chi connectivity index (χ1v) is 8.11. The van der Waals surface area contributed by atoms with Crippen LogP contribution in [0.15, 0.2) is 11.0 Å². The van der Waals surface area contributed by atoms with Crippen molar-refractivity contribution in [1.82, 2.24) is 4.72 Å². The Balaban J connectivity index is 3.42. The van der Waals surface area contributed by atoms with Gasteiger partial charge in [-0.1, -0.05) is 23.2 Å². The summed E-state index contributed by atoms with van der Waals surface area (Å²) in [5.41, 5.74) is 0.645. The Morgan fingerprint density at radius 3 is 2.29 bits per heavy atom. The Kier molecular flexibility index (Phi) is 5.63. The molecule has 0 unspecified atom stereocenters. The van der Waals surface area contributed by atoms with E-state index in [1.54, 1.807) is 6.92 Å². The zero-order chi connectivity index (χ0) is 16.5. The van der Waals surface area contributed by atoms with E-state index in [2.05, 4.69) is 0 Å². The normalized spacial score (nSPS) is 14.8. The quantitative estimate of drug-likeness (QED) is 0.745. The summed E-state index contributed by atoms with van der Waals surface area (Å²) in [5.74, 6) is -1.50. The molecule has 2 atom stereocenters. The number of hydrogen-bond donors (Lipinski definition) is 3. The van der Waals surface area contributed by atoms with E-state index in [1.807, 2.05) is 4.72 Å². The van der Waals surface area contributed by atoms with Crippen LogP contribution >= 0.6 is 23.2 Å². The Hall–Kier alpha value is -0.860. The fourth-order valence-corrected chi connectivity index (χ4v) is 4.19. The molecule has 0 aliphatic heterocycles. The number of nitrogens with one attached hydrogen (secondary N) is 1. The van der Waals surface area contributed by atoms with E-state index >= 15 is 0 Å². The van der Waals surface area contributed by atoms with Crippen molar-refractivity contribution < 1.29 is 23.4 Å². The first-order chi connectivity index (χ1) is 9.49. The SMILES string of the molecule is Cc1cc(Cl)c(C)c(S(=O)(=O)N[C@H](C(=O)O)[C@@H](C)O)c1Cl. The van der Waals surface area contributed by atoms with Crippen molar-refractivity contribution in [3.8, 4) is 0 Å². The molecule has 1 aromatic carbocycles. The van der Waals surface area contributed by atoms with Crippen molar-refractivity contribution in [2.45, 2.75) is 37.8 Å². The maximum absolute atomic E-state index is 12.4. The molecule has 3 N–H and O–H groups in total. The number of sulfonamides is 1. The van der Waals surface area contributed by atoms with Crippen LogP contribution in [-0.4, -0.2) is 36.7 Å². The molecule has 9 heteroatoms. The predicted octanol–water partition coefficient (Wildman–Crippen LogP) is 1.72. The molecular formula is C12H15Cl2NO5S. The summed E-state index contributed by atoms with van der Waals surface area (Å²) in [6, 6.07) is -0.175. The first kappa shape index (κ1) is 18.2. The molecule has 0 radical (unpaired) electrons. The van der Waals surface area contributed by atoms with Crippen LogP contribution in [0.1, 0.15) is 18.1 Å². The first-order valence-electron chi connectivity index (χ1n) is 5.87. The minimum absolute atomic E-state index is 0.0425. The summed E-state index contributed by atoms with van der Waals surface area (Å²) < 4.78 is 26.7. The molecule has 118 valence electrons. The van der Waals surface area contributed by atoms with Crippen molar-refractivity contribution >= 4 is 39.2 Å². The molecule has 0 aromatic heterocycles. The molecule has 1 rings (SSSR count). The van der Waals surface area contributed by atoms with Gasteiger partial charge in [0.25, 0.3) is 0 Å². The maximum Gasteiger partial charge on any atom is 0.324 e. The molecule has 21 heavy (non-hydrogen) atoms. The summed E-state index contributed by atoms with van der Waals surface area (Å²) in [4.78, 5) is 10.7. The van der Waals surface area contributed by atoms with E-state index < -0.39 is 28.1 Å². The number of hydrogen-bond acceptors (Lipinski definition) is 4. The highest BCUT2D eigenvalue weighted by atomic mass is 35.5. The Labute approximate surface area is 132 Å². The number of carbonyl (C=O) groups is 1. The summed E-state index contributed by atoms with van der Waals surface area (Å²) in [5, 5.41) is 18.5. The summed E-state index contributed by atoms with van der Waals surface area (Å²) >= 11 is 12.0. The Morgan fingerprint density at radius 2 is 1.86 bits per heavy atom. The number of benzene rings is 1. The number of rotatable bonds is 5. The topological polar surface area (TPSA) is 104 Å². The van der Waals surface area contributed by atoms with E-state index in [1.165, 1.54) is 19.9 Å². The lowest BCUT2D eigenvalue weighted by Gasteiger charge is -2.19. The minimum Gasteiger partial charge on any atom is -0.480 e. The van der Waals surface area contributed by atoms with Gasteiger partial charge in [0, 0.05) is 5.02 Å². The lowest BCUT2D eigenvalue weighted by Crippen LogP contribution is -2.47. The number of aliphatic hydroxyl groups excluding tert-OH is 1. The third-order valence-electron chi connectivity index (χ3n) is 2.89. The van der Waals surface area contributed by atoms with Crippen LogP contribution in [0.4, 0.5) is 0 Å². The van der Waals surface area contributed by atoms with Gasteiger partial charge < -0.3 is 10.2 Å². The van der Waals surface area contributed by atoms with Crippen molar-refractivity contribution in [2.75, 3.05) is 0 Å². The fraction of sp³-hybridized carbons (Fsp3) is 0.417. The summed E-state index contributed by atoms with van der Waals surface area (Å²) in [6.07, 6.45) is -1.42. The number of aryl methyl sites for hydroxylation is 1. The molecule has 0 spiro atoms. The lowest BCUT2D eigenvalue weighted by atomic mass is 10.2. The summed E-state index contributed by atoms with van der Waals surface area (Å²) in [6.45, 7) is 4.20. The van der Waals surface area contributed by atoms with E-state index in [4.69, 9.17) is 28.3 Å². The van der Waals surface area contributed by atoms with Gasteiger partial charge >= 0.3 is 5.97 Å². The van der Waals surface area contributed by atoms with Crippen molar-refractivity contribution in [1.29, 1.82) is 0 Å². The molecule has 0 aliphatic carbocycles. The van der Waals surface area contributed by atoms with Gasteiger partial charge in [0.1, 0.15) is 10.9 Å². The molecule has 0 amide bonds. The second-order valence-corrected chi connectivity index (χ2v) is 7.06. The largest absolute Gasteiger partial charge is 0.480 e. The van der Waals surface area contributed by atoms with Gasteiger partial charge in [0.15, 0.2) is 0 Å². The fourth-order valence-electron chi connectivity index (χ4n) is 1.71. The van der Waals surface area contributed by atoms with Crippen molar-refractivity contribution in [3.63, 3.8) is 0 Å². The van der Waals surface area contributed by atoms with Crippen LogP contribution < -0.4 is 4.72 Å². The van der Waals surface area contributed by atoms with Gasteiger partial charge in [-0.15, -0.1) is 0 Å². The molecule has 1 aromatic rings. The number of carboxylic acid groups (broad SMARTS) is 1. The smallest absolute Gasteiger partial charge is 0.324 e. The Bertz CT molecular complexity index is 646. The van der Waals surface area contributed by atoms with E-state index in [0.29, 0.717) is 5.56 Å². The van der Waals surface area contributed by atoms with Crippen molar-refractivity contribution in [2.24, 2.45) is 0 Å². The standard InChI is InChI=1S/C12H15Cl2NO5S/c1-5-4-8(13)6(2)11(9(5)14)21(19,20)15-10(7(3)16)12(17)18/h4,7,10,15-16H,1-3H3,(H,17,18)/t7-,10+/m1/s1. The summed E-state index contributed by atoms with van der Waals surface area (Å²) in [7, 11) is -4.26. The van der Waals surface area contributed by atoms with Gasteiger partial charge in [-0.2, -0.15) is 4.72 Å². The van der Waals surface area contributed by atoms with Crippen LogP contribution in [-0.2, 0) is 14.8 Å². The Morgan fingerprint density at radius 1 is 1.33 bits per heavy atom. The van der Waals surface area contributed by atoms with Crippen LogP contribution in [0.3, 0.4) is 0 Å². The maximum atomic E-state index is 12.4. The van der Waals surface area contributed by atoms with Gasteiger partial charge in [0.2, 0.25) is 10.0 Å². The minimum atomic E-state index is -4.26. The van der Waals surface area contributed by atoms with Crippen LogP contribution in [0.2, 0.25) is 10.0 Å². The highest BCUT2D eigenvalue weighted by molar-refractivity contribution is 7.89. The number of halogens is 2.